The van der Waals surface area contributed by atoms with Gasteiger partial charge in [0.15, 0.2) is 0 Å². The van der Waals surface area contributed by atoms with Gasteiger partial charge in [0.2, 0.25) is 15.9 Å². The molecule has 7 heteroatoms. The van der Waals surface area contributed by atoms with E-state index in [0.717, 1.165) is 11.4 Å². The van der Waals surface area contributed by atoms with E-state index >= 15 is 0 Å². The van der Waals surface area contributed by atoms with Crippen LogP contribution in [0.3, 0.4) is 0 Å². The second kappa shape index (κ2) is 8.91. The molecule has 3 rings (SSSR count). The van der Waals surface area contributed by atoms with Crippen LogP contribution in [0, 0.1) is 5.92 Å². The fourth-order valence-electron chi connectivity index (χ4n) is 3.06. The van der Waals surface area contributed by atoms with E-state index in [1.807, 2.05) is 42.5 Å². The zero-order valence-electron chi connectivity index (χ0n) is 15.3. The van der Waals surface area contributed by atoms with Crippen molar-refractivity contribution in [3.63, 3.8) is 0 Å². The van der Waals surface area contributed by atoms with Gasteiger partial charge in [-0.05, 0) is 42.7 Å². The van der Waals surface area contributed by atoms with E-state index in [9.17, 15) is 13.2 Å². The largest absolute Gasteiger partial charge is 0.326 e. The molecule has 0 atom stereocenters. The number of thioether (sulfide) groups is 1. The SMILES string of the molecule is CS(=O)(=O)N1CCC(C(=O)Nc2ccc(CSc3ccccc3)cc2)CC1. The Kier molecular flexibility index (Phi) is 6.57. The minimum atomic E-state index is -3.16. The fraction of sp³-hybridized carbons (Fsp3) is 0.350. The van der Waals surface area contributed by atoms with E-state index in [2.05, 4.69) is 17.4 Å². The molecular weight excluding hydrogens is 380 g/mol. The highest BCUT2D eigenvalue weighted by molar-refractivity contribution is 7.98. The molecule has 0 aromatic heterocycles. The average Bonchev–Trinajstić information content (AvgIpc) is 2.68. The number of sulfonamides is 1. The second-order valence-electron chi connectivity index (χ2n) is 6.72. The van der Waals surface area contributed by atoms with E-state index < -0.39 is 10.0 Å². The molecule has 1 fully saturated rings. The number of hydrogen-bond acceptors (Lipinski definition) is 4. The summed E-state index contributed by atoms with van der Waals surface area (Å²) in [6, 6.07) is 18.1. The average molecular weight is 405 g/mol. The first-order valence-corrected chi connectivity index (χ1v) is 11.8. The summed E-state index contributed by atoms with van der Waals surface area (Å²) in [6.45, 7) is 0.819. The number of benzene rings is 2. The molecule has 5 nitrogen and oxygen atoms in total. The van der Waals surface area contributed by atoms with Gasteiger partial charge < -0.3 is 5.32 Å². The van der Waals surface area contributed by atoms with Crippen LogP contribution in [0.15, 0.2) is 59.5 Å². The normalized spacial score (nSPS) is 16.2. The molecule has 0 saturated carbocycles. The lowest BCUT2D eigenvalue weighted by Crippen LogP contribution is -2.40. The molecule has 1 saturated heterocycles. The Morgan fingerprint density at radius 1 is 1.07 bits per heavy atom. The van der Waals surface area contributed by atoms with Crippen molar-refractivity contribution in [1.29, 1.82) is 0 Å². The number of hydrogen-bond donors (Lipinski definition) is 1. The second-order valence-corrected chi connectivity index (χ2v) is 9.76. The molecule has 0 radical (unpaired) electrons. The Morgan fingerprint density at radius 3 is 2.30 bits per heavy atom. The van der Waals surface area contributed by atoms with E-state index in [4.69, 9.17) is 0 Å². The zero-order valence-corrected chi connectivity index (χ0v) is 16.9. The molecule has 1 heterocycles. The summed E-state index contributed by atoms with van der Waals surface area (Å²) in [5, 5.41) is 2.95. The standard InChI is InChI=1S/C20H24N2O3S2/c1-27(24,25)22-13-11-17(12-14-22)20(23)21-18-9-7-16(8-10-18)15-26-19-5-3-2-4-6-19/h2-10,17H,11-15H2,1H3,(H,21,23). The molecule has 144 valence electrons. The van der Waals surface area contributed by atoms with E-state index in [1.165, 1.54) is 21.0 Å². The van der Waals surface area contributed by atoms with Crippen LogP contribution >= 0.6 is 11.8 Å². The van der Waals surface area contributed by atoms with Crippen molar-refractivity contribution >= 4 is 33.4 Å². The first kappa shape index (κ1) is 19.9. The van der Waals surface area contributed by atoms with Gasteiger partial charge in [-0.3, -0.25) is 4.79 Å². The summed E-state index contributed by atoms with van der Waals surface area (Å²) in [7, 11) is -3.16. The third-order valence-electron chi connectivity index (χ3n) is 4.66. The van der Waals surface area contributed by atoms with Crippen LogP contribution in [0.1, 0.15) is 18.4 Å². The molecule has 1 aliphatic rings. The van der Waals surface area contributed by atoms with Crippen LogP contribution in [-0.2, 0) is 20.6 Å². The lowest BCUT2D eigenvalue weighted by atomic mass is 9.97. The Labute approximate surface area is 165 Å². The number of anilines is 1. The number of carbonyl (C=O) groups excluding carboxylic acids is 1. The van der Waals surface area contributed by atoms with E-state index in [1.54, 1.807) is 11.8 Å². The zero-order chi connectivity index (χ0) is 19.3. The maximum absolute atomic E-state index is 12.4. The third-order valence-corrected chi connectivity index (χ3v) is 7.05. The van der Waals surface area contributed by atoms with E-state index in [-0.39, 0.29) is 11.8 Å². The third kappa shape index (κ3) is 5.82. The molecule has 1 amide bonds. The lowest BCUT2D eigenvalue weighted by molar-refractivity contribution is -0.120. The van der Waals surface area contributed by atoms with Crippen molar-refractivity contribution in [2.75, 3.05) is 24.7 Å². The Balaban J connectivity index is 1.49. The molecule has 0 aliphatic carbocycles. The van der Waals surface area contributed by atoms with Gasteiger partial charge >= 0.3 is 0 Å². The Bertz CT molecular complexity index is 860. The summed E-state index contributed by atoms with van der Waals surface area (Å²) in [4.78, 5) is 13.7. The number of piperidine rings is 1. The van der Waals surface area contributed by atoms with Crippen molar-refractivity contribution in [3.8, 4) is 0 Å². The first-order chi connectivity index (χ1) is 12.9. The van der Waals surface area contributed by atoms with Crippen molar-refractivity contribution in [2.24, 2.45) is 5.92 Å². The molecular formula is C20H24N2O3S2. The van der Waals surface area contributed by atoms with Gasteiger partial charge in [-0.25, -0.2) is 12.7 Å². The first-order valence-electron chi connectivity index (χ1n) is 8.94. The summed E-state index contributed by atoms with van der Waals surface area (Å²) < 4.78 is 24.5. The van der Waals surface area contributed by atoms with Gasteiger partial charge in [-0.15, -0.1) is 11.8 Å². The molecule has 0 bridgehead atoms. The molecule has 0 unspecified atom stereocenters. The number of nitrogens with one attached hydrogen (secondary N) is 1. The van der Waals surface area contributed by atoms with Gasteiger partial charge in [0, 0.05) is 35.3 Å². The van der Waals surface area contributed by atoms with Crippen LogP contribution in [0.25, 0.3) is 0 Å². The van der Waals surface area contributed by atoms with Gasteiger partial charge in [0.25, 0.3) is 0 Å². The minimum Gasteiger partial charge on any atom is -0.326 e. The molecule has 27 heavy (non-hydrogen) atoms. The van der Waals surface area contributed by atoms with Crippen LogP contribution < -0.4 is 5.32 Å². The Morgan fingerprint density at radius 2 is 1.70 bits per heavy atom. The molecule has 1 N–H and O–H groups in total. The topological polar surface area (TPSA) is 66.5 Å². The summed E-state index contributed by atoms with van der Waals surface area (Å²) in [6.07, 6.45) is 2.33. The maximum Gasteiger partial charge on any atom is 0.227 e. The van der Waals surface area contributed by atoms with Crippen LogP contribution in [0.5, 0.6) is 0 Å². The number of rotatable bonds is 6. The summed E-state index contributed by atoms with van der Waals surface area (Å²) >= 11 is 1.78. The van der Waals surface area contributed by atoms with Crippen LogP contribution in [-0.4, -0.2) is 38.0 Å². The van der Waals surface area contributed by atoms with Gasteiger partial charge in [-0.2, -0.15) is 0 Å². The lowest BCUT2D eigenvalue weighted by Gasteiger charge is -2.29. The highest BCUT2D eigenvalue weighted by atomic mass is 32.2. The van der Waals surface area contributed by atoms with Crippen molar-refractivity contribution in [1.82, 2.24) is 4.31 Å². The highest BCUT2D eigenvalue weighted by Crippen LogP contribution is 2.24. The van der Waals surface area contributed by atoms with Gasteiger partial charge in [-0.1, -0.05) is 30.3 Å². The fourth-order valence-corrected chi connectivity index (χ4v) is 4.81. The van der Waals surface area contributed by atoms with Crippen molar-refractivity contribution < 1.29 is 13.2 Å². The minimum absolute atomic E-state index is 0.0328. The van der Waals surface area contributed by atoms with Gasteiger partial charge in [0.1, 0.15) is 0 Å². The smallest absolute Gasteiger partial charge is 0.227 e. The number of carbonyl (C=O) groups is 1. The summed E-state index contributed by atoms with van der Waals surface area (Å²) in [5.41, 5.74) is 1.97. The monoisotopic (exact) mass is 404 g/mol. The maximum atomic E-state index is 12.4. The van der Waals surface area contributed by atoms with Crippen LogP contribution in [0.4, 0.5) is 5.69 Å². The molecule has 2 aromatic rings. The van der Waals surface area contributed by atoms with Crippen molar-refractivity contribution in [2.45, 2.75) is 23.5 Å². The van der Waals surface area contributed by atoms with Crippen LogP contribution in [0.2, 0.25) is 0 Å². The molecule has 2 aromatic carbocycles. The van der Waals surface area contributed by atoms with E-state index in [0.29, 0.717) is 25.9 Å². The summed E-state index contributed by atoms with van der Waals surface area (Å²) in [5.74, 6) is 0.702. The molecule has 1 aliphatic heterocycles. The molecule has 0 spiro atoms. The number of amides is 1. The highest BCUT2D eigenvalue weighted by Gasteiger charge is 2.28. The van der Waals surface area contributed by atoms with Gasteiger partial charge in [0.05, 0.1) is 6.26 Å². The van der Waals surface area contributed by atoms with Crippen molar-refractivity contribution in [3.05, 3.63) is 60.2 Å². The predicted molar refractivity (Wildman–Crippen MR) is 110 cm³/mol. The quantitative estimate of drug-likeness (QED) is 0.747. The predicted octanol–water partition coefficient (Wildman–Crippen LogP) is 3.59. The number of nitrogens with zero attached hydrogens (tertiary/aromatic N) is 1. The Hall–Kier alpha value is -1.83.